The third-order valence-electron chi connectivity index (χ3n) is 5.40. The number of carbonyl (C=O) groups excluding carboxylic acids is 2. The summed E-state index contributed by atoms with van der Waals surface area (Å²) in [5, 5.41) is 6.65. The van der Waals surface area contributed by atoms with E-state index in [1.165, 1.54) is 6.21 Å². The number of hydrazone groups is 1. The first-order valence-corrected chi connectivity index (χ1v) is 13.4. The number of anilines is 2. The van der Waals surface area contributed by atoms with E-state index in [1.54, 1.807) is 81.6 Å². The number of hydrogen-bond donors (Lipinski definition) is 2. The first kappa shape index (κ1) is 28.2. The maximum atomic E-state index is 12.5. The van der Waals surface area contributed by atoms with Crippen LogP contribution < -0.4 is 24.5 Å². The van der Waals surface area contributed by atoms with Gasteiger partial charge in [-0.25, -0.2) is 13.8 Å². The lowest BCUT2D eigenvalue weighted by molar-refractivity contribution is -0.119. The molecule has 0 aliphatic rings. The van der Waals surface area contributed by atoms with Crippen molar-refractivity contribution in [3.05, 3.63) is 83.4 Å². The Balaban J connectivity index is 1.51. The summed E-state index contributed by atoms with van der Waals surface area (Å²) in [6, 6.07) is 19.1. The van der Waals surface area contributed by atoms with Crippen LogP contribution in [0.3, 0.4) is 0 Å². The second kappa shape index (κ2) is 12.7. The predicted octanol–water partition coefficient (Wildman–Crippen LogP) is 3.25. The van der Waals surface area contributed by atoms with E-state index >= 15 is 0 Å². The summed E-state index contributed by atoms with van der Waals surface area (Å²) < 4.78 is 36.4. The standard InChI is InChI=1S/C27H30N4O6S/c1-19-6-5-7-20(2)27(19)31(38(4,34)35)17-25(32)30-28-16-21-8-12-24(13-9-21)37-18-26(33)29-22-10-14-23(36-3)15-11-22/h5-16H,17-18H2,1-4H3,(H,29,33)(H,30,32)/b28-16-. The van der Waals surface area contributed by atoms with Crippen molar-refractivity contribution in [2.45, 2.75) is 13.8 Å². The monoisotopic (exact) mass is 538 g/mol. The number of amides is 2. The summed E-state index contributed by atoms with van der Waals surface area (Å²) in [6.07, 6.45) is 2.48. The van der Waals surface area contributed by atoms with Crippen LogP contribution in [-0.2, 0) is 19.6 Å². The highest BCUT2D eigenvalue weighted by molar-refractivity contribution is 7.92. The van der Waals surface area contributed by atoms with E-state index in [-0.39, 0.29) is 12.5 Å². The Hall–Kier alpha value is -4.38. The first-order chi connectivity index (χ1) is 18.1. The van der Waals surface area contributed by atoms with E-state index in [1.807, 2.05) is 6.07 Å². The molecule has 2 amide bonds. The topological polar surface area (TPSA) is 126 Å². The fourth-order valence-electron chi connectivity index (χ4n) is 3.58. The molecule has 0 spiro atoms. The highest BCUT2D eigenvalue weighted by Gasteiger charge is 2.23. The van der Waals surface area contributed by atoms with Gasteiger partial charge in [0.25, 0.3) is 11.8 Å². The molecule has 0 bridgehead atoms. The number of nitrogens with zero attached hydrogens (tertiary/aromatic N) is 2. The number of sulfonamides is 1. The van der Waals surface area contributed by atoms with Gasteiger partial charge in [-0.05, 0) is 79.1 Å². The fraction of sp³-hybridized carbons (Fsp3) is 0.222. The molecule has 200 valence electrons. The van der Waals surface area contributed by atoms with Crippen molar-refractivity contribution in [3.63, 3.8) is 0 Å². The van der Waals surface area contributed by atoms with Crippen molar-refractivity contribution in [2.75, 3.05) is 36.1 Å². The van der Waals surface area contributed by atoms with E-state index in [4.69, 9.17) is 9.47 Å². The molecule has 2 N–H and O–H groups in total. The zero-order chi connectivity index (χ0) is 27.7. The molecule has 0 fully saturated rings. The van der Waals surface area contributed by atoms with Crippen molar-refractivity contribution in [1.82, 2.24) is 5.43 Å². The van der Waals surface area contributed by atoms with Gasteiger partial charge in [-0.1, -0.05) is 18.2 Å². The van der Waals surface area contributed by atoms with E-state index in [0.717, 1.165) is 21.7 Å². The van der Waals surface area contributed by atoms with Gasteiger partial charge in [-0.15, -0.1) is 0 Å². The lowest BCUT2D eigenvalue weighted by Crippen LogP contribution is -2.39. The molecule has 0 aromatic heterocycles. The van der Waals surface area contributed by atoms with Crippen LogP contribution in [0.5, 0.6) is 11.5 Å². The molecule has 10 nitrogen and oxygen atoms in total. The van der Waals surface area contributed by atoms with Gasteiger partial charge in [0.2, 0.25) is 10.0 Å². The molecule has 3 aromatic rings. The van der Waals surface area contributed by atoms with Gasteiger partial charge in [-0.2, -0.15) is 5.10 Å². The molecule has 3 rings (SSSR count). The highest BCUT2D eigenvalue weighted by atomic mass is 32.2. The maximum absolute atomic E-state index is 12.5. The van der Waals surface area contributed by atoms with Crippen LogP contribution in [0.25, 0.3) is 0 Å². The molecule has 0 aliphatic carbocycles. The zero-order valence-electron chi connectivity index (χ0n) is 21.6. The molecule has 0 unspecified atom stereocenters. The van der Waals surface area contributed by atoms with E-state index < -0.39 is 22.5 Å². The Kier molecular flexibility index (Phi) is 9.44. The number of nitrogens with one attached hydrogen (secondary N) is 2. The van der Waals surface area contributed by atoms with Crippen LogP contribution in [0.4, 0.5) is 11.4 Å². The smallest absolute Gasteiger partial charge is 0.262 e. The van der Waals surface area contributed by atoms with Crippen molar-refractivity contribution in [1.29, 1.82) is 0 Å². The predicted molar refractivity (Wildman–Crippen MR) is 147 cm³/mol. The Bertz CT molecular complexity index is 1380. The lowest BCUT2D eigenvalue weighted by Gasteiger charge is -2.25. The van der Waals surface area contributed by atoms with E-state index in [0.29, 0.717) is 28.4 Å². The van der Waals surface area contributed by atoms with Gasteiger partial charge >= 0.3 is 0 Å². The quantitative estimate of drug-likeness (QED) is 0.285. The molecule has 0 aliphatic heterocycles. The van der Waals surface area contributed by atoms with Gasteiger partial charge in [0.05, 0.1) is 25.3 Å². The van der Waals surface area contributed by atoms with Crippen molar-refractivity contribution in [2.24, 2.45) is 5.10 Å². The molecule has 0 saturated heterocycles. The normalized spacial score (nSPS) is 11.2. The number of carbonyl (C=O) groups is 2. The summed E-state index contributed by atoms with van der Waals surface area (Å²) in [4.78, 5) is 24.6. The van der Waals surface area contributed by atoms with Gasteiger partial charge < -0.3 is 14.8 Å². The number of aryl methyl sites for hydroxylation is 2. The molecule has 3 aromatic carbocycles. The lowest BCUT2D eigenvalue weighted by atomic mass is 10.1. The number of para-hydroxylation sites is 1. The van der Waals surface area contributed by atoms with Gasteiger partial charge in [0.15, 0.2) is 6.61 Å². The Morgan fingerprint density at radius 3 is 2.11 bits per heavy atom. The van der Waals surface area contributed by atoms with Crippen LogP contribution in [-0.4, -0.2) is 53.0 Å². The minimum Gasteiger partial charge on any atom is -0.497 e. The Morgan fingerprint density at radius 2 is 1.53 bits per heavy atom. The zero-order valence-corrected chi connectivity index (χ0v) is 22.4. The minimum absolute atomic E-state index is 0.174. The Morgan fingerprint density at radius 1 is 0.921 bits per heavy atom. The largest absolute Gasteiger partial charge is 0.497 e. The van der Waals surface area contributed by atoms with E-state index in [9.17, 15) is 18.0 Å². The summed E-state index contributed by atoms with van der Waals surface area (Å²) in [5.74, 6) is 0.272. The number of ether oxygens (including phenoxy) is 2. The number of methoxy groups -OCH3 is 1. The van der Waals surface area contributed by atoms with Gasteiger partial charge in [-0.3, -0.25) is 13.9 Å². The highest BCUT2D eigenvalue weighted by Crippen LogP contribution is 2.26. The number of rotatable bonds is 11. The number of hydrogen-bond acceptors (Lipinski definition) is 7. The average molecular weight is 539 g/mol. The molecular weight excluding hydrogens is 508 g/mol. The van der Waals surface area contributed by atoms with E-state index in [2.05, 4.69) is 15.8 Å². The number of benzene rings is 3. The molecule has 11 heteroatoms. The minimum atomic E-state index is -3.70. The third kappa shape index (κ3) is 8.07. The average Bonchev–Trinajstić information content (AvgIpc) is 2.87. The molecule has 38 heavy (non-hydrogen) atoms. The van der Waals surface area contributed by atoms with Gasteiger partial charge in [0, 0.05) is 5.69 Å². The molecule has 0 radical (unpaired) electrons. The second-order valence-corrected chi connectivity index (χ2v) is 10.3. The third-order valence-corrected chi connectivity index (χ3v) is 6.52. The second-order valence-electron chi connectivity index (χ2n) is 8.44. The Labute approximate surface area is 222 Å². The molecule has 0 atom stereocenters. The van der Waals surface area contributed by atoms with Crippen molar-refractivity contribution in [3.8, 4) is 11.5 Å². The fourth-order valence-corrected chi connectivity index (χ4v) is 4.55. The summed E-state index contributed by atoms with van der Waals surface area (Å²) >= 11 is 0. The van der Waals surface area contributed by atoms with Crippen LogP contribution in [0.1, 0.15) is 16.7 Å². The van der Waals surface area contributed by atoms with Gasteiger partial charge in [0.1, 0.15) is 18.0 Å². The van der Waals surface area contributed by atoms with Crippen LogP contribution in [0.15, 0.2) is 71.8 Å². The molecular formula is C27H30N4O6S. The van der Waals surface area contributed by atoms with Crippen LogP contribution >= 0.6 is 0 Å². The summed E-state index contributed by atoms with van der Waals surface area (Å²) in [5.41, 5.74) is 5.61. The molecule has 0 saturated carbocycles. The van der Waals surface area contributed by atoms with Crippen LogP contribution in [0, 0.1) is 13.8 Å². The summed E-state index contributed by atoms with van der Waals surface area (Å²) in [7, 11) is -2.13. The first-order valence-electron chi connectivity index (χ1n) is 11.6. The van der Waals surface area contributed by atoms with Crippen molar-refractivity contribution >= 4 is 39.4 Å². The SMILES string of the molecule is COc1ccc(NC(=O)COc2ccc(/C=N\NC(=O)CN(c3c(C)cccc3C)S(C)(=O)=O)cc2)cc1. The maximum Gasteiger partial charge on any atom is 0.262 e. The van der Waals surface area contributed by atoms with Crippen LogP contribution in [0.2, 0.25) is 0 Å². The van der Waals surface area contributed by atoms with Crippen molar-refractivity contribution < 1.29 is 27.5 Å². The molecule has 0 heterocycles. The summed E-state index contributed by atoms with van der Waals surface area (Å²) in [6.45, 7) is 2.99.